The third-order valence-electron chi connectivity index (χ3n) is 6.03. The van der Waals surface area contributed by atoms with E-state index in [1.807, 2.05) is 12.1 Å². The first-order chi connectivity index (χ1) is 16.4. The molecule has 0 bridgehead atoms. The lowest BCUT2D eigenvalue weighted by molar-refractivity contribution is -0.137. The van der Waals surface area contributed by atoms with Gasteiger partial charge in [-0.3, -0.25) is 9.59 Å². The highest BCUT2D eigenvalue weighted by Crippen LogP contribution is 2.34. The summed E-state index contributed by atoms with van der Waals surface area (Å²) in [5, 5.41) is 3.13. The summed E-state index contributed by atoms with van der Waals surface area (Å²) in [4.78, 5) is 26.7. The second-order valence-electron chi connectivity index (χ2n) is 9.49. The van der Waals surface area contributed by atoms with Crippen LogP contribution in [0.5, 0.6) is 0 Å². The predicted octanol–water partition coefficient (Wildman–Crippen LogP) is 6.77. The number of anilines is 1. The van der Waals surface area contributed by atoms with Gasteiger partial charge in [-0.25, -0.2) is 0 Å². The molecule has 0 spiro atoms. The molecule has 0 saturated carbocycles. The zero-order chi connectivity index (χ0) is 25.5. The number of benzene rings is 3. The Labute approximate surface area is 201 Å². The minimum absolute atomic E-state index is 0.00281. The Morgan fingerprint density at radius 3 is 2.14 bits per heavy atom. The summed E-state index contributed by atoms with van der Waals surface area (Å²) in [6, 6.07) is 18.5. The molecule has 3 aromatic carbocycles. The quantitative estimate of drug-likeness (QED) is 0.353. The lowest BCUT2D eigenvalue weighted by atomic mass is 9.86. The van der Waals surface area contributed by atoms with Crippen LogP contribution in [0.4, 0.5) is 19.0 Å². The van der Waals surface area contributed by atoms with E-state index >= 15 is 0 Å². The lowest BCUT2D eigenvalue weighted by Gasteiger charge is -2.20. The molecule has 0 unspecified atom stereocenters. The van der Waals surface area contributed by atoms with Crippen molar-refractivity contribution >= 4 is 22.6 Å². The lowest BCUT2D eigenvalue weighted by Crippen LogP contribution is -2.22. The third kappa shape index (κ3) is 4.71. The molecule has 4 aromatic rings. The van der Waals surface area contributed by atoms with Crippen LogP contribution in [0.3, 0.4) is 0 Å². The molecule has 1 aromatic heterocycles. The Hall–Kier alpha value is -3.87. The van der Waals surface area contributed by atoms with Gasteiger partial charge in [-0.15, -0.1) is 0 Å². The Balaban J connectivity index is 1.88. The minimum atomic E-state index is -4.57. The molecule has 0 atom stereocenters. The van der Waals surface area contributed by atoms with Gasteiger partial charge in [-0.05, 0) is 52.9 Å². The number of carbonyl (C=O) groups excluding carboxylic acids is 1. The van der Waals surface area contributed by atoms with E-state index in [1.54, 1.807) is 48.0 Å². The van der Waals surface area contributed by atoms with E-state index in [4.69, 9.17) is 0 Å². The van der Waals surface area contributed by atoms with Crippen LogP contribution in [0.2, 0.25) is 0 Å². The van der Waals surface area contributed by atoms with Gasteiger partial charge < -0.3 is 9.88 Å². The highest BCUT2D eigenvalue weighted by Gasteiger charge is 2.31. The van der Waals surface area contributed by atoms with Gasteiger partial charge in [0.05, 0.1) is 16.6 Å². The van der Waals surface area contributed by atoms with Gasteiger partial charge in [0.15, 0.2) is 5.43 Å². The van der Waals surface area contributed by atoms with E-state index in [2.05, 4.69) is 26.1 Å². The molecule has 180 valence electrons. The maximum Gasteiger partial charge on any atom is 0.416 e. The minimum Gasteiger partial charge on any atom is -0.330 e. The number of nitrogens with zero attached hydrogens (tertiary/aromatic N) is 1. The van der Waals surface area contributed by atoms with Crippen LogP contribution >= 0.6 is 0 Å². The van der Waals surface area contributed by atoms with E-state index < -0.39 is 23.1 Å². The SMILES string of the molecule is Cn1c(NC(=O)c2ccc(C(C)(C)C)cc2)c(-c2cccc(C(F)(F)F)c2)c(=O)c2ccccc21. The van der Waals surface area contributed by atoms with Gasteiger partial charge in [-0.1, -0.05) is 57.2 Å². The fraction of sp³-hybridized carbons (Fsp3) is 0.214. The fourth-order valence-electron chi connectivity index (χ4n) is 4.05. The van der Waals surface area contributed by atoms with E-state index in [9.17, 15) is 22.8 Å². The van der Waals surface area contributed by atoms with Crippen molar-refractivity contribution < 1.29 is 18.0 Å². The molecule has 0 fully saturated rings. The molecule has 0 aliphatic heterocycles. The summed E-state index contributed by atoms with van der Waals surface area (Å²) >= 11 is 0. The first-order valence-corrected chi connectivity index (χ1v) is 11.1. The highest BCUT2D eigenvalue weighted by atomic mass is 19.4. The average molecular weight is 479 g/mol. The molecule has 35 heavy (non-hydrogen) atoms. The van der Waals surface area contributed by atoms with Crippen molar-refractivity contribution in [3.8, 4) is 11.1 Å². The zero-order valence-electron chi connectivity index (χ0n) is 19.8. The van der Waals surface area contributed by atoms with Crippen LogP contribution < -0.4 is 10.7 Å². The molecule has 1 amide bonds. The number of hydrogen-bond acceptors (Lipinski definition) is 2. The predicted molar refractivity (Wildman–Crippen MR) is 133 cm³/mol. The average Bonchev–Trinajstić information content (AvgIpc) is 2.81. The summed E-state index contributed by atoms with van der Waals surface area (Å²) in [7, 11) is 1.66. The van der Waals surface area contributed by atoms with Gasteiger partial charge in [0.1, 0.15) is 5.82 Å². The van der Waals surface area contributed by atoms with Crippen LogP contribution in [0.25, 0.3) is 22.0 Å². The number of fused-ring (bicyclic) bond motifs is 1. The largest absolute Gasteiger partial charge is 0.416 e. The first-order valence-electron chi connectivity index (χ1n) is 11.1. The van der Waals surface area contributed by atoms with Gasteiger partial charge in [0.2, 0.25) is 0 Å². The molecular weight excluding hydrogens is 453 g/mol. The van der Waals surface area contributed by atoms with E-state index in [1.165, 1.54) is 12.1 Å². The van der Waals surface area contributed by atoms with Crippen molar-refractivity contribution in [1.82, 2.24) is 4.57 Å². The van der Waals surface area contributed by atoms with Crippen molar-refractivity contribution in [3.63, 3.8) is 0 Å². The van der Waals surface area contributed by atoms with Crippen LogP contribution in [-0.2, 0) is 18.6 Å². The monoisotopic (exact) mass is 478 g/mol. The molecule has 1 heterocycles. The molecule has 0 saturated heterocycles. The number of aryl methyl sites for hydroxylation is 1. The third-order valence-corrected chi connectivity index (χ3v) is 6.03. The van der Waals surface area contributed by atoms with Gasteiger partial charge in [-0.2, -0.15) is 13.2 Å². The number of alkyl halides is 3. The number of nitrogens with one attached hydrogen (secondary N) is 1. The molecule has 7 heteroatoms. The Morgan fingerprint density at radius 1 is 0.857 bits per heavy atom. The molecule has 4 nitrogen and oxygen atoms in total. The van der Waals surface area contributed by atoms with Crippen molar-refractivity contribution in [2.45, 2.75) is 32.4 Å². The molecule has 4 rings (SSSR count). The molecule has 0 aliphatic carbocycles. The van der Waals surface area contributed by atoms with Crippen LogP contribution in [0.15, 0.2) is 77.6 Å². The molecule has 0 radical (unpaired) electrons. The second kappa shape index (κ2) is 8.73. The number of halogens is 3. The first kappa shape index (κ1) is 24.3. The van der Waals surface area contributed by atoms with Gasteiger partial charge >= 0.3 is 6.18 Å². The van der Waals surface area contributed by atoms with Crippen molar-refractivity contribution in [2.75, 3.05) is 5.32 Å². The standard InChI is InChI=1S/C28H25F3N2O2/c1-27(2,3)19-14-12-17(13-15-19)26(35)32-25-23(18-8-7-9-20(16-18)28(29,30)31)24(34)21-10-5-6-11-22(21)33(25)4/h5-16H,1-4H3,(H,32,35). The normalized spacial score (nSPS) is 12.1. The fourth-order valence-corrected chi connectivity index (χ4v) is 4.05. The number of carbonyl (C=O) groups is 1. The van der Waals surface area contributed by atoms with Crippen molar-refractivity contribution in [2.24, 2.45) is 7.05 Å². The number of aromatic nitrogens is 1. The van der Waals surface area contributed by atoms with Crippen molar-refractivity contribution in [3.05, 3.63) is 99.7 Å². The number of para-hydroxylation sites is 1. The second-order valence-corrected chi connectivity index (χ2v) is 9.49. The Morgan fingerprint density at radius 2 is 1.51 bits per heavy atom. The zero-order valence-corrected chi connectivity index (χ0v) is 19.8. The van der Waals surface area contributed by atoms with E-state index in [0.29, 0.717) is 16.5 Å². The van der Waals surface area contributed by atoms with E-state index in [-0.39, 0.29) is 22.4 Å². The maximum absolute atomic E-state index is 13.5. The van der Waals surface area contributed by atoms with Crippen LogP contribution in [0, 0.1) is 0 Å². The number of amides is 1. The molecular formula is C28H25F3N2O2. The van der Waals surface area contributed by atoms with Gasteiger partial charge in [0.25, 0.3) is 5.91 Å². The summed E-state index contributed by atoms with van der Waals surface area (Å²) in [5.74, 6) is -0.345. The number of rotatable bonds is 3. The summed E-state index contributed by atoms with van der Waals surface area (Å²) in [6.45, 7) is 6.19. The Bertz CT molecular complexity index is 1480. The van der Waals surface area contributed by atoms with Crippen LogP contribution in [-0.4, -0.2) is 10.5 Å². The molecule has 0 aliphatic rings. The van der Waals surface area contributed by atoms with Gasteiger partial charge in [0, 0.05) is 18.0 Å². The summed E-state index contributed by atoms with van der Waals surface area (Å²) < 4.78 is 41.9. The van der Waals surface area contributed by atoms with E-state index in [0.717, 1.165) is 17.7 Å². The van der Waals surface area contributed by atoms with Crippen LogP contribution in [0.1, 0.15) is 42.3 Å². The van der Waals surface area contributed by atoms with Crippen molar-refractivity contribution in [1.29, 1.82) is 0 Å². The molecule has 1 N–H and O–H groups in total. The smallest absolute Gasteiger partial charge is 0.330 e. The number of hydrogen-bond donors (Lipinski definition) is 1. The topological polar surface area (TPSA) is 51.1 Å². The number of pyridine rings is 1. The summed E-state index contributed by atoms with van der Waals surface area (Å²) in [5.41, 5.74) is 0.615. The Kier molecular flexibility index (Phi) is 6.05. The maximum atomic E-state index is 13.5. The summed E-state index contributed by atoms with van der Waals surface area (Å²) in [6.07, 6.45) is -4.57. The highest BCUT2D eigenvalue weighted by molar-refractivity contribution is 6.06.